The van der Waals surface area contributed by atoms with Crippen LogP contribution < -0.4 is 0 Å². The molecule has 0 aromatic carbocycles. The van der Waals surface area contributed by atoms with Crippen molar-refractivity contribution in [3.63, 3.8) is 0 Å². The van der Waals surface area contributed by atoms with Crippen molar-refractivity contribution in [2.45, 2.75) is 77.0 Å². The molecular weight excluding hydrogens is 192 g/mol. The third-order valence-corrected chi connectivity index (χ3v) is 5.17. The van der Waals surface area contributed by atoms with E-state index >= 15 is 0 Å². The van der Waals surface area contributed by atoms with Crippen LogP contribution in [-0.2, 0) is 0 Å². The van der Waals surface area contributed by atoms with Crippen molar-refractivity contribution in [3.05, 3.63) is 12.7 Å². The Hall–Kier alpha value is -0.260. The molecule has 0 amide bonds. The molecule has 0 heteroatoms. The predicted octanol–water partition coefficient (Wildman–Crippen LogP) is 5.48. The fourth-order valence-electron chi connectivity index (χ4n) is 4.22. The molecule has 0 aromatic heterocycles. The zero-order chi connectivity index (χ0) is 11.3. The molecule has 0 unspecified atom stereocenters. The molecule has 2 aliphatic carbocycles. The zero-order valence-corrected chi connectivity index (χ0v) is 10.8. The molecule has 0 bridgehead atoms. The molecule has 0 nitrogen and oxygen atoms in total. The maximum absolute atomic E-state index is 3.92. The van der Waals surface area contributed by atoms with E-state index in [1.165, 1.54) is 77.0 Å². The summed E-state index contributed by atoms with van der Waals surface area (Å²) in [5.74, 6) is 1.06. The van der Waals surface area contributed by atoms with E-state index in [2.05, 4.69) is 12.7 Å². The van der Waals surface area contributed by atoms with Gasteiger partial charge < -0.3 is 0 Å². The largest absolute Gasteiger partial charge is 0.103 e. The maximum atomic E-state index is 3.92. The van der Waals surface area contributed by atoms with E-state index in [0.29, 0.717) is 0 Å². The van der Waals surface area contributed by atoms with Crippen molar-refractivity contribution in [1.82, 2.24) is 0 Å². The van der Waals surface area contributed by atoms with Gasteiger partial charge >= 0.3 is 0 Å². The van der Waals surface area contributed by atoms with E-state index in [4.69, 9.17) is 0 Å². The Kier molecular flexibility index (Phi) is 4.49. The van der Waals surface area contributed by atoms with Gasteiger partial charge in [0.2, 0.25) is 0 Å². The molecule has 0 radical (unpaired) electrons. The summed E-state index contributed by atoms with van der Waals surface area (Å²) >= 11 is 0. The van der Waals surface area contributed by atoms with Crippen LogP contribution in [0.2, 0.25) is 0 Å². The molecule has 2 aliphatic rings. The lowest BCUT2D eigenvalue weighted by Crippen LogP contribution is -2.34. The molecule has 0 atom stereocenters. The Morgan fingerprint density at radius 3 is 2.19 bits per heavy atom. The Bertz CT molecular complexity index is 204. The second kappa shape index (κ2) is 5.89. The SMILES string of the molecule is C=CCCC1(C2CCCCC2)CCCCC1. The zero-order valence-electron chi connectivity index (χ0n) is 10.8. The monoisotopic (exact) mass is 220 g/mol. The van der Waals surface area contributed by atoms with Crippen LogP contribution in [-0.4, -0.2) is 0 Å². The van der Waals surface area contributed by atoms with Crippen molar-refractivity contribution in [3.8, 4) is 0 Å². The van der Waals surface area contributed by atoms with Crippen LogP contribution in [0.15, 0.2) is 12.7 Å². The Labute approximate surface area is 102 Å². The van der Waals surface area contributed by atoms with Crippen molar-refractivity contribution < 1.29 is 0 Å². The molecule has 92 valence electrons. The normalized spacial score (nSPS) is 26.5. The summed E-state index contributed by atoms with van der Waals surface area (Å²) in [4.78, 5) is 0. The summed E-state index contributed by atoms with van der Waals surface area (Å²) in [6.07, 6.45) is 19.9. The lowest BCUT2D eigenvalue weighted by atomic mass is 9.60. The summed E-state index contributed by atoms with van der Waals surface area (Å²) in [5, 5.41) is 0. The second-order valence-electron chi connectivity index (χ2n) is 6.09. The molecule has 0 aromatic rings. The molecule has 0 saturated heterocycles. The quantitative estimate of drug-likeness (QED) is 0.550. The van der Waals surface area contributed by atoms with E-state index in [1.54, 1.807) is 0 Å². The third kappa shape index (κ3) is 2.70. The van der Waals surface area contributed by atoms with Gasteiger partial charge in [-0.25, -0.2) is 0 Å². The standard InChI is InChI=1S/C16H28/c1-2-3-12-16(13-8-5-9-14-16)15-10-6-4-7-11-15/h2,15H,1,3-14H2. The topological polar surface area (TPSA) is 0 Å². The van der Waals surface area contributed by atoms with Crippen LogP contribution in [0.4, 0.5) is 0 Å². The second-order valence-corrected chi connectivity index (χ2v) is 6.09. The van der Waals surface area contributed by atoms with E-state index in [9.17, 15) is 0 Å². The molecule has 2 fully saturated rings. The van der Waals surface area contributed by atoms with Crippen LogP contribution in [0.5, 0.6) is 0 Å². The minimum absolute atomic E-state index is 0.729. The summed E-state index contributed by atoms with van der Waals surface area (Å²) in [5.41, 5.74) is 0.729. The van der Waals surface area contributed by atoms with E-state index < -0.39 is 0 Å². The van der Waals surface area contributed by atoms with Crippen LogP contribution >= 0.6 is 0 Å². The summed E-state index contributed by atoms with van der Waals surface area (Å²) < 4.78 is 0. The van der Waals surface area contributed by atoms with Crippen LogP contribution in [0.3, 0.4) is 0 Å². The van der Waals surface area contributed by atoms with E-state index in [1.807, 2.05) is 0 Å². The van der Waals surface area contributed by atoms with Gasteiger partial charge in [0.25, 0.3) is 0 Å². The molecule has 2 saturated carbocycles. The van der Waals surface area contributed by atoms with Gasteiger partial charge in [0, 0.05) is 0 Å². The molecule has 0 heterocycles. The average Bonchev–Trinajstić information content (AvgIpc) is 2.38. The number of allylic oxidation sites excluding steroid dienone is 1. The minimum Gasteiger partial charge on any atom is -0.103 e. The third-order valence-electron chi connectivity index (χ3n) is 5.17. The fraction of sp³-hybridized carbons (Fsp3) is 0.875. The smallest absolute Gasteiger partial charge is 0.0266 e. The first-order chi connectivity index (χ1) is 7.87. The predicted molar refractivity (Wildman–Crippen MR) is 71.5 cm³/mol. The molecule has 0 aliphatic heterocycles. The first-order valence-corrected chi connectivity index (χ1v) is 7.48. The van der Waals surface area contributed by atoms with E-state index in [-0.39, 0.29) is 0 Å². The molecule has 2 rings (SSSR count). The van der Waals surface area contributed by atoms with Gasteiger partial charge in [0.05, 0.1) is 0 Å². The van der Waals surface area contributed by atoms with Crippen molar-refractivity contribution in [2.75, 3.05) is 0 Å². The van der Waals surface area contributed by atoms with Crippen molar-refractivity contribution >= 4 is 0 Å². The van der Waals surface area contributed by atoms with Gasteiger partial charge in [0.1, 0.15) is 0 Å². The van der Waals surface area contributed by atoms with Crippen LogP contribution in [0, 0.1) is 11.3 Å². The Morgan fingerprint density at radius 2 is 1.56 bits per heavy atom. The Morgan fingerprint density at radius 1 is 0.938 bits per heavy atom. The van der Waals surface area contributed by atoms with Gasteiger partial charge in [0.15, 0.2) is 0 Å². The molecule has 0 N–H and O–H groups in total. The van der Waals surface area contributed by atoms with Crippen LogP contribution in [0.25, 0.3) is 0 Å². The van der Waals surface area contributed by atoms with Gasteiger partial charge in [-0.2, -0.15) is 0 Å². The highest BCUT2D eigenvalue weighted by atomic mass is 14.4. The highest BCUT2D eigenvalue weighted by molar-refractivity contribution is 4.91. The van der Waals surface area contributed by atoms with Crippen molar-refractivity contribution in [1.29, 1.82) is 0 Å². The highest BCUT2D eigenvalue weighted by Crippen LogP contribution is 2.51. The lowest BCUT2D eigenvalue weighted by Gasteiger charge is -2.45. The molecule has 0 spiro atoms. The lowest BCUT2D eigenvalue weighted by molar-refractivity contribution is 0.0585. The first-order valence-electron chi connectivity index (χ1n) is 7.48. The fourth-order valence-corrected chi connectivity index (χ4v) is 4.22. The average molecular weight is 220 g/mol. The number of hydrogen-bond donors (Lipinski definition) is 0. The summed E-state index contributed by atoms with van der Waals surface area (Å²) in [6.45, 7) is 3.92. The Balaban J connectivity index is 2.01. The van der Waals surface area contributed by atoms with Crippen molar-refractivity contribution in [2.24, 2.45) is 11.3 Å². The highest BCUT2D eigenvalue weighted by Gasteiger charge is 2.38. The minimum atomic E-state index is 0.729. The van der Waals surface area contributed by atoms with E-state index in [0.717, 1.165) is 11.3 Å². The van der Waals surface area contributed by atoms with Crippen LogP contribution in [0.1, 0.15) is 77.0 Å². The maximum Gasteiger partial charge on any atom is -0.0266 e. The molecule has 16 heavy (non-hydrogen) atoms. The van der Waals surface area contributed by atoms with Gasteiger partial charge in [-0.1, -0.05) is 44.6 Å². The number of hydrogen-bond acceptors (Lipinski definition) is 0. The summed E-state index contributed by atoms with van der Waals surface area (Å²) in [6, 6.07) is 0. The van der Waals surface area contributed by atoms with Gasteiger partial charge in [-0.05, 0) is 49.9 Å². The molecular formula is C16H28. The summed E-state index contributed by atoms with van der Waals surface area (Å²) in [7, 11) is 0. The van der Waals surface area contributed by atoms with Gasteiger partial charge in [-0.15, -0.1) is 6.58 Å². The van der Waals surface area contributed by atoms with Gasteiger partial charge in [-0.3, -0.25) is 0 Å². The number of rotatable bonds is 4. The first kappa shape index (κ1) is 12.2.